The van der Waals surface area contributed by atoms with Crippen LogP contribution in [-0.2, 0) is 9.53 Å². The van der Waals surface area contributed by atoms with Crippen molar-refractivity contribution in [2.45, 2.75) is 31.5 Å². The number of nitrogens with zero attached hydrogens (tertiary/aromatic N) is 1. The molecule has 0 aromatic carbocycles. The number of halogens is 3. The Labute approximate surface area is 97.3 Å². The molecule has 0 saturated carbocycles. The van der Waals surface area contributed by atoms with Gasteiger partial charge < -0.3 is 14.7 Å². The highest BCUT2D eigenvalue weighted by atomic mass is 19.4. The summed E-state index contributed by atoms with van der Waals surface area (Å²) in [4.78, 5) is 12.5. The van der Waals surface area contributed by atoms with Gasteiger partial charge in [0.25, 0.3) is 0 Å². The predicted octanol–water partition coefficient (Wildman–Crippen LogP) is 0.939. The number of amides is 1. The quantitative estimate of drug-likeness (QED) is 0.813. The second-order valence-corrected chi connectivity index (χ2v) is 3.97. The van der Waals surface area contributed by atoms with Crippen molar-refractivity contribution in [3.8, 4) is 0 Å². The largest absolute Gasteiger partial charge is 0.397 e. The second kappa shape index (κ2) is 6.20. The van der Waals surface area contributed by atoms with E-state index in [9.17, 15) is 18.0 Å². The topological polar surface area (TPSA) is 49.8 Å². The highest BCUT2D eigenvalue weighted by Crippen LogP contribution is 2.22. The third-order valence-corrected chi connectivity index (χ3v) is 2.59. The zero-order valence-electron chi connectivity index (χ0n) is 9.37. The van der Waals surface area contributed by atoms with E-state index in [1.165, 1.54) is 4.90 Å². The lowest BCUT2D eigenvalue weighted by atomic mass is 10.1. The molecule has 1 amide bonds. The zero-order valence-corrected chi connectivity index (χ0v) is 9.37. The molecule has 0 spiro atoms. The summed E-state index contributed by atoms with van der Waals surface area (Å²) < 4.78 is 41.3. The Balaban J connectivity index is 2.29. The lowest BCUT2D eigenvalue weighted by molar-refractivity contribution is -0.163. The fourth-order valence-corrected chi connectivity index (χ4v) is 1.77. The number of alkyl halides is 3. The number of piperidine rings is 1. The van der Waals surface area contributed by atoms with E-state index in [2.05, 4.69) is 0 Å². The molecule has 0 atom stereocenters. The van der Waals surface area contributed by atoms with Gasteiger partial charge in [-0.3, -0.25) is 4.79 Å². The Bertz CT molecular complexity index is 250. The standard InChI is InChI=1S/C10H16F3NO3/c11-10(12,13)7-9(16)14-3-1-8(2-4-14)17-6-5-15/h8,15H,1-7H2. The van der Waals surface area contributed by atoms with Crippen LogP contribution < -0.4 is 0 Å². The van der Waals surface area contributed by atoms with Gasteiger partial charge in [0.15, 0.2) is 0 Å². The van der Waals surface area contributed by atoms with Crippen molar-refractivity contribution < 1.29 is 27.8 Å². The number of hydrogen-bond donors (Lipinski definition) is 1. The molecule has 0 aliphatic carbocycles. The molecular formula is C10H16F3NO3. The Morgan fingerprint density at radius 1 is 1.35 bits per heavy atom. The molecule has 1 fully saturated rings. The van der Waals surface area contributed by atoms with Gasteiger partial charge in [-0.2, -0.15) is 13.2 Å². The van der Waals surface area contributed by atoms with Crippen molar-refractivity contribution in [1.29, 1.82) is 0 Å². The molecule has 0 aromatic rings. The highest BCUT2D eigenvalue weighted by molar-refractivity contribution is 5.76. The molecule has 1 aliphatic rings. The van der Waals surface area contributed by atoms with E-state index >= 15 is 0 Å². The Morgan fingerprint density at radius 3 is 2.41 bits per heavy atom. The minimum absolute atomic E-state index is 0.0721. The highest BCUT2D eigenvalue weighted by Gasteiger charge is 2.34. The van der Waals surface area contributed by atoms with Gasteiger partial charge in [0.05, 0.1) is 19.3 Å². The van der Waals surface area contributed by atoms with E-state index in [1.54, 1.807) is 0 Å². The van der Waals surface area contributed by atoms with E-state index in [1.807, 2.05) is 0 Å². The molecule has 0 unspecified atom stereocenters. The summed E-state index contributed by atoms with van der Waals surface area (Å²) in [6.45, 7) is 0.713. The summed E-state index contributed by atoms with van der Waals surface area (Å²) in [6.07, 6.45) is -4.87. The van der Waals surface area contributed by atoms with Gasteiger partial charge in [0.2, 0.25) is 5.91 Å². The molecule has 17 heavy (non-hydrogen) atoms. The van der Waals surface area contributed by atoms with E-state index in [4.69, 9.17) is 9.84 Å². The lowest BCUT2D eigenvalue weighted by Crippen LogP contribution is -2.42. The summed E-state index contributed by atoms with van der Waals surface area (Å²) in [6, 6.07) is 0. The summed E-state index contributed by atoms with van der Waals surface area (Å²) in [7, 11) is 0. The third kappa shape index (κ3) is 5.36. The van der Waals surface area contributed by atoms with Crippen LogP contribution in [0.4, 0.5) is 13.2 Å². The van der Waals surface area contributed by atoms with Gasteiger partial charge in [-0.15, -0.1) is 0 Å². The number of aliphatic hydroxyl groups excluding tert-OH is 1. The minimum atomic E-state index is -4.44. The van der Waals surface area contributed by atoms with Crippen molar-refractivity contribution in [2.75, 3.05) is 26.3 Å². The fourth-order valence-electron chi connectivity index (χ4n) is 1.77. The Morgan fingerprint density at radius 2 is 1.94 bits per heavy atom. The molecule has 1 rings (SSSR count). The summed E-state index contributed by atoms with van der Waals surface area (Å²) >= 11 is 0. The summed E-state index contributed by atoms with van der Waals surface area (Å²) in [5, 5.41) is 8.55. The van der Waals surface area contributed by atoms with Crippen molar-refractivity contribution in [2.24, 2.45) is 0 Å². The van der Waals surface area contributed by atoms with Crippen LogP contribution in [0.15, 0.2) is 0 Å². The summed E-state index contributed by atoms with van der Waals surface area (Å²) in [5.41, 5.74) is 0. The van der Waals surface area contributed by atoms with E-state index in [0.29, 0.717) is 12.8 Å². The van der Waals surface area contributed by atoms with Crippen LogP contribution in [0.3, 0.4) is 0 Å². The van der Waals surface area contributed by atoms with Gasteiger partial charge in [-0.05, 0) is 12.8 Å². The number of hydrogen-bond acceptors (Lipinski definition) is 3. The first-order valence-corrected chi connectivity index (χ1v) is 5.49. The zero-order chi connectivity index (χ0) is 12.9. The predicted molar refractivity (Wildman–Crippen MR) is 53.3 cm³/mol. The number of aliphatic hydroxyl groups is 1. The average Bonchev–Trinajstić information content (AvgIpc) is 2.24. The van der Waals surface area contributed by atoms with Gasteiger partial charge in [-0.25, -0.2) is 0 Å². The van der Waals surface area contributed by atoms with Crippen molar-refractivity contribution in [1.82, 2.24) is 4.90 Å². The van der Waals surface area contributed by atoms with Crippen molar-refractivity contribution >= 4 is 5.91 Å². The smallest absolute Gasteiger partial charge is 0.394 e. The minimum Gasteiger partial charge on any atom is -0.394 e. The average molecular weight is 255 g/mol. The molecule has 7 heteroatoms. The molecular weight excluding hydrogens is 239 g/mol. The van der Waals surface area contributed by atoms with Crippen LogP contribution in [0, 0.1) is 0 Å². The fraction of sp³-hybridized carbons (Fsp3) is 0.900. The van der Waals surface area contributed by atoms with E-state index in [0.717, 1.165) is 0 Å². The maximum atomic E-state index is 12.0. The van der Waals surface area contributed by atoms with E-state index in [-0.39, 0.29) is 32.4 Å². The molecule has 100 valence electrons. The van der Waals surface area contributed by atoms with Crippen molar-refractivity contribution in [3.63, 3.8) is 0 Å². The van der Waals surface area contributed by atoms with Gasteiger partial charge in [0.1, 0.15) is 6.42 Å². The lowest BCUT2D eigenvalue weighted by Gasteiger charge is -2.32. The molecule has 1 aliphatic heterocycles. The maximum absolute atomic E-state index is 12.0. The molecule has 1 saturated heterocycles. The molecule has 4 nitrogen and oxygen atoms in total. The first kappa shape index (κ1) is 14.2. The number of rotatable bonds is 4. The second-order valence-electron chi connectivity index (χ2n) is 3.97. The normalized spacial score (nSPS) is 18.5. The van der Waals surface area contributed by atoms with Crippen molar-refractivity contribution in [3.05, 3.63) is 0 Å². The Hall–Kier alpha value is -0.820. The van der Waals surface area contributed by atoms with Crippen LogP contribution in [-0.4, -0.2) is 54.5 Å². The number of carbonyl (C=O) groups is 1. The molecule has 0 radical (unpaired) electrons. The first-order chi connectivity index (χ1) is 7.92. The van der Waals surface area contributed by atoms with E-state index < -0.39 is 18.5 Å². The first-order valence-electron chi connectivity index (χ1n) is 5.49. The monoisotopic (exact) mass is 255 g/mol. The SMILES string of the molecule is O=C(CC(F)(F)F)N1CCC(OCCO)CC1. The van der Waals surface area contributed by atoms with Crippen LogP contribution in [0.5, 0.6) is 0 Å². The van der Waals surface area contributed by atoms with Gasteiger partial charge >= 0.3 is 6.18 Å². The van der Waals surface area contributed by atoms with Crippen LogP contribution in [0.2, 0.25) is 0 Å². The third-order valence-electron chi connectivity index (χ3n) is 2.59. The molecule has 0 aromatic heterocycles. The molecule has 1 N–H and O–H groups in total. The van der Waals surface area contributed by atoms with Gasteiger partial charge in [0, 0.05) is 13.1 Å². The van der Waals surface area contributed by atoms with Crippen LogP contribution in [0.1, 0.15) is 19.3 Å². The van der Waals surface area contributed by atoms with Crippen LogP contribution in [0.25, 0.3) is 0 Å². The summed E-state index contributed by atoms with van der Waals surface area (Å²) in [5.74, 6) is -0.877. The van der Waals surface area contributed by atoms with Crippen LogP contribution >= 0.6 is 0 Å². The number of likely N-dealkylation sites (tertiary alicyclic amines) is 1. The maximum Gasteiger partial charge on any atom is 0.397 e. The Kier molecular flexibility index (Phi) is 5.20. The molecule has 1 heterocycles. The number of carbonyl (C=O) groups excluding carboxylic acids is 1. The number of ether oxygens (including phenoxy) is 1. The van der Waals surface area contributed by atoms with Gasteiger partial charge in [-0.1, -0.05) is 0 Å². The molecule has 0 bridgehead atoms.